The third kappa shape index (κ3) is 4.74. The van der Waals surface area contributed by atoms with Crippen LogP contribution in [0, 0.1) is 0 Å². The molecule has 3 N–H and O–H groups in total. The molecular weight excluding hydrogens is 262 g/mol. The molecule has 0 radical (unpaired) electrons. The standard InChI is InChI=1S/C14H17NO5/c1-2-5-10-6-3-4-7-11(10)9-20-14(19)15-12(8-16)13(17)18/h2-4,6-7,12,16H,1,5,8-9H2,(H,15,19)(H,17,18)/t12-/m0/s1. The maximum absolute atomic E-state index is 11.4. The van der Waals surface area contributed by atoms with Gasteiger partial charge in [0.2, 0.25) is 0 Å². The summed E-state index contributed by atoms with van der Waals surface area (Å²) in [5.41, 5.74) is 1.80. The number of hydrogen-bond donors (Lipinski definition) is 3. The van der Waals surface area contributed by atoms with E-state index >= 15 is 0 Å². The van der Waals surface area contributed by atoms with Crippen LogP contribution in [0.1, 0.15) is 11.1 Å². The molecule has 6 heteroatoms. The van der Waals surface area contributed by atoms with Crippen LogP contribution in [0.15, 0.2) is 36.9 Å². The monoisotopic (exact) mass is 279 g/mol. The Bertz CT molecular complexity index is 486. The number of alkyl carbamates (subject to hydrolysis) is 1. The highest BCUT2D eigenvalue weighted by Gasteiger charge is 2.19. The molecule has 0 saturated carbocycles. The van der Waals surface area contributed by atoms with Crippen LogP contribution in [-0.2, 0) is 22.6 Å². The molecular formula is C14H17NO5. The molecule has 0 aliphatic heterocycles. The van der Waals surface area contributed by atoms with Crippen LogP contribution in [0.3, 0.4) is 0 Å². The number of carbonyl (C=O) groups excluding carboxylic acids is 1. The topological polar surface area (TPSA) is 95.9 Å². The van der Waals surface area contributed by atoms with Gasteiger partial charge in [0.25, 0.3) is 0 Å². The zero-order valence-electron chi connectivity index (χ0n) is 10.9. The number of carboxylic acids is 1. The molecule has 0 bridgehead atoms. The molecule has 1 aromatic rings. The maximum atomic E-state index is 11.4. The second-order valence-electron chi connectivity index (χ2n) is 4.06. The average molecular weight is 279 g/mol. The van der Waals surface area contributed by atoms with Crippen LogP contribution in [0.4, 0.5) is 4.79 Å². The molecule has 1 atom stereocenters. The second-order valence-corrected chi connectivity index (χ2v) is 4.06. The van der Waals surface area contributed by atoms with E-state index < -0.39 is 24.7 Å². The molecule has 0 aromatic heterocycles. The lowest BCUT2D eigenvalue weighted by molar-refractivity contribution is -0.140. The van der Waals surface area contributed by atoms with Crippen molar-refractivity contribution in [3.05, 3.63) is 48.0 Å². The number of benzene rings is 1. The van der Waals surface area contributed by atoms with Crippen molar-refractivity contribution in [2.45, 2.75) is 19.1 Å². The van der Waals surface area contributed by atoms with E-state index in [4.69, 9.17) is 14.9 Å². The Kier molecular flexibility index (Phi) is 6.25. The molecule has 0 unspecified atom stereocenters. The summed E-state index contributed by atoms with van der Waals surface area (Å²) in [5, 5.41) is 19.5. The fourth-order valence-electron chi connectivity index (χ4n) is 1.57. The molecule has 108 valence electrons. The minimum absolute atomic E-state index is 0.0214. The number of allylic oxidation sites excluding steroid dienone is 1. The number of rotatable bonds is 7. The van der Waals surface area contributed by atoms with Gasteiger partial charge in [0.15, 0.2) is 6.04 Å². The van der Waals surface area contributed by atoms with E-state index in [1.807, 2.05) is 24.3 Å². The van der Waals surface area contributed by atoms with E-state index in [1.165, 1.54) is 0 Å². The zero-order chi connectivity index (χ0) is 15.0. The van der Waals surface area contributed by atoms with Crippen molar-refractivity contribution in [1.82, 2.24) is 5.32 Å². The van der Waals surface area contributed by atoms with E-state index in [1.54, 1.807) is 6.08 Å². The van der Waals surface area contributed by atoms with Crippen molar-refractivity contribution in [2.75, 3.05) is 6.61 Å². The summed E-state index contributed by atoms with van der Waals surface area (Å²) in [7, 11) is 0. The summed E-state index contributed by atoms with van der Waals surface area (Å²) in [6.45, 7) is 2.97. The van der Waals surface area contributed by atoms with Crippen molar-refractivity contribution in [1.29, 1.82) is 0 Å². The van der Waals surface area contributed by atoms with E-state index in [-0.39, 0.29) is 6.61 Å². The van der Waals surface area contributed by atoms with Gasteiger partial charge in [0, 0.05) is 0 Å². The second kappa shape index (κ2) is 7.96. The Hall–Kier alpha value is -2.34. The van der Waals surface area contributed by atoms with Crippen LogP contribution in [0.5, 0.6) is 0 Å². The molecule has 0 fully saturated rings. The average Bonchev–Trinajstić information content (AvgIpc) is 2.43. The van der Waals surface area contributed by atoms with Gasteiger partial charge in [-0.2, -0.15) is 0 Å². The Morgan fingerprint density at radius 2 is 2.00 bits per heavy atom. The van der Waals surface area contributed by atoms with E-state index in [2.05, 4.69) is 11.9 Å². The lowest BCUT2D eigenvalue weighted by Crippen LogP contribution is -2.43. The molecule has 0 spiro atoms. The summed E-state index contributed by atoms with van der Waals surface area (Å²) in [6.07, 6.45) is 1.50. The van der Waals surface area contributed by atoms with Gasteiger partial charge in [0.1, 0.15) is 6.61 Å². The molecule has 0 aliphatic carbocycles. The van der Waals surface area contributed by atoms with Gasteiger partial charge >= 0.3 is 12.1 Å². The number of aliphatic hydroxyl groups is 1. The summed E-state index contributed by atoms with van der Waals surface area (Å²) < 4.78 is 4.94. The summed E-state index contributed by atoms with van der Waals surface area (Å²) in [5.74, 6) is -1.32. The van der Waals surface area contributed by atoms with Gasteiger partial charge in [-0.3, -0.25) is 0 Å². The highest BCUT2D eigenvalue weighted by molar-refractivity contribution is 5.79. The van der Waals surface area contributed by atoms with Crippen LogP contribution >= 0.6 is 0 Å². The summed E-state index contributed by atoms with van der Waals surface area (Å²) >= 11 is 0. The highest BCUT2D eigenvalue weighted by atomic mass is 16.5. The van der Waals surface area contributed by atoms with E-state index in [9.17, 15) is 9.59 Å². The fourth-order valence-corrected chi connectivity index (χ4v) is 1.57. The number of carbonyl (C=O) groups is 2. The Balaban J connectivity index is 2.56. The maximum Gasteiger partial charge on any atom is 0.408 e. The van der Waals surface area contributed by atoms with Crippen LogP contribution in [0.2, 0.25) is 0 Å². The van der Waals surface area contributed by atoms with E-state index in [0.717, 1.165) is 11.1 Å². The number of aliphatic carboxylic acids is 1. The largest absolute Gasteiger partial charge is 0.480 e. The van der Waals surface area contributed by atoms with Gasteiger partial charge in [-0.1, -0.05) is 30.3 Å². The zero-order valence-corrected chi connectivity index (χ0v) is 10.9. The predicted molar refractivity (Wildman–Crippen MR) is 72.2 cm³/mol. The van der Waals surface area contributed by atoms with Crippen molar-refractivity contribution < 1.29 is 24.5 Å². The lowest BCUT2D eigenvalue weighted by atomic mass is 10.1. The molecule has 6 nitrogen and oxygen atoms in total. The van der Waals surface area contributed by atoms with Crippen molar-refractivity contribution in [2.24, 2.45) is 0 Å². The lowest BCUT2D eigenvalue weighted by Gasteiger charge is -2.13. The molecule has 0 aliphatic rings. The first-order valence-electron chi connectivity index (χ1n) is 6.03. The molecule has 1 amide bonds. The first-order chi connectivity index (χ1) is 9.58. The van der Waals surface area contributed by atoms with Crippen molar-refractivity contribution >= 4 is 12.1 Å². The first-order valence-corrected chi connectivity index (χ1v) is 6.03. The number of hydrogen-bond acceptors (Lipinski definition) is 4. The normalized spacial score (nSPS) is 11.4. The Morgan fingerprint density at radius 3 is 2.55 bits per heavy atom. The third-order valence-corrected chi connectivity index (χ3v) is 2.61. The Morgan fingerprint density at radius 1 is 1.35 bits per heavy atom. The highest BCUT2D eigenvalue weighted by Crippen LogP contribution is 2.11. The molecule has 1 rings (SSSR count). The smallest absolute Gasteiger partial charge is 0.408 e. The van der Waals surface area contributed by atoms with Crippen molar-refractivity contribution in [3.8, 4) is 0 Å². The van der Waals surface area contributed by atoms with E-state index in [0.29, 0.717) is 6.42 Å². The van der Waals surface area contributed by atoms with Gasteiger partial charge in [-0.15, -0.1) is 6.58 Å². The Labute approximate surface area is 116 Å². The molecule has 1 aromatic carbocycles. The van der Waals surface area contributed by atoms with Gasteiger partial charge in [-0.25, -0.2) is 9.59 Å². The third-order valence-electron chi connectivity index (χ3n) is 2.61. The molecule has 0 heterocycles. The number of amides is 1. The van der Waals surface area contributed by atoms with Gasteiger partial charge in [-0.05, 0) is 17.5 Å². The summed E-state index contributed by atoms with van der Waals surface area (Å²) in [4.78, 5) is 22.1. The van der Waals surface area contributed by atoms with Crippen LogP contribution in [0.25, 0.3) is 0 Å². The first kappa shape index (κ1) is 15.7. The number of aliphatic hydroxyl groups excluding tert-OH is 1. The van der Waals surface area contributed by atoms with Crippen LogP contribution < -0.4 is 5.32 Å². The summed E-state index contributed by atoms with van der Waals surface area (Å²) in [6, 6.07) is 6.02. The molecule has 0 saturated heterocycles. The SMILES string of the molecule is C=CCc1ccccc1COC(=O)N[C@@H](CO)C(=O)O. The predicted octanol–water partition coefficient (Wildman–Crippen LogP) is 1.09. The quantitative estimate of drug-likeness (QED) is 0.649. The minimum atomic E-state index is -1.37. The number of carboxylic acid groups (broad SMARTS) is 1. The number of ether oxygens (including phenoxy) is 1. The van der Waals surface area contributed by atoms with Crippen molar-refractivity contribution in [3.63, 3.8) is 0 Å². The molecule has 20 heavy (non-hydrogen) atoms. The van der Waals surface area contributed by atoms with Gasteiger partial charge in [0.05, 0.1) is 6.61 Å². The number of nitrogens with one attached hydrogen (secondary N) is 1. The van der Waals surface area contributed by atoms with Gasteiger partial charge < -0.3 is 20.3 Å². The minimum Gasteiger partial charge on any atom is -0.480 e. The fraction of sp³-hybridized carbons (Fsp3) is 0.286. The van der Waals surface area contributed by atoms with Crippen LogP contribution in [-0.4, -0.2) is 34.9 Å².